The lowest BCUT2D eigenvalue weighted by molar-refractivity contribution is -0.166. The molecule has 5 aliphatic rings. The summed E-state index contributed by atoms with van der Waals surface area (Å²) >= 11 is 0. The molecule has 2 N–H and O–H groups in total. The first kappa shape index (κ1) is 13.1. The lowest BCUT2D eigenvalue weighted by atomic mass is 9.44. The van der Waals surface area contributed by atoms with Gasteiger partial charge in [0.2, 0.25) is 5.91 Å². The summed E-state index contributed by atoms with van der Waals surface area (Å²) < 4.78 is 0. The molecular formula is C17H28N2O. The summed E-state index contributed by atoms with van der Waals surface area (Å²) in [5.74, 6) is 2.12. The van der Waals surface area contributed by atoms with Gasteiger partial charge in [-0.2, -0.15) is 0 Å². The van der Waals surface area contributed by atoms with Gasteiger partial charge in [-0.1, -0.05) is 6.92 Å². The molecule has 1 heterocycles. The van der Waals surface area contributed by atoms with Crippen LogP contribution in [0.2, 0.25) is 0 Å². The molecule has 20 heavy (non-hydrogen) atoms. The molecule has 3 nitrogen and oxygen atoms in total. The average Bonchev–Trinajstić information content (AvgIpc) is 2.82. The summed E-state index contributed by atoms with van der Waals surface area (Å²) in [6.45, 7) is 4.04. The summed E-state index contributed by atoms with van der Waals surface area (Å²) in [6, 6.07) is 0.323. The zero-order valence-electron chi connectivity index (χ0n) is 12.7. The number of nitrogens with two attached hydrogens (primary N) is 1. The molecule has 0 aromatic carbocycles. The third-order valence-electron chi connectivity index (χ3n) is 6.72. The van der Waals surface area contributed by atoms with Crippen LogP contribution >= 0.6 is 0 Å². The molecular weight excluding hydrogens is 248 g/mol. The van der Waals surface area contributed by atoms with Crippen LogP contribution < -0.4 is 5.73 Å². The molecule has 4 saturated carbocycles. The van der Waals surface area contributed by atoms with Crippen molar-refractivity contribution in [1.29, 1.82) is 0 Å². The third-order valence-corrected chi connectivity index (χ3v) is 6.72. The first-order valence-corrected chi connectivity index (χ1v) is 8.55. The maximum atomic E-state index is 13.3. The average molecular weight is 276 g/mol. The van der Waals surface area contributed by atoms with E-state index in [2.05, 4.69) is 11.8 Å². The van der Waals surface area contributed by atoms with Gasteiger partial charge in [-0.25, -0.2) is 0 Å². The van der Waals surface area contributed by atoms with E-state index in [4.69, 9.17) is 5.73 Å². The van der Waals surface area contributed by atoms with E-state index >= 15 is 0 Å². The predicted octanol–water partition coefficient (Wildman–Crippen LogP) is 2.54. The number of hydrogen-bond acceptors (Lipinski definition) is 2. The van der Waals surface area contributed by atoms with Crippen LogP contribution in [0.15, 0.2) is 0 Å². The maximum absolute atomic E-state index is 13.3. The molecule has 4 aliphatic carbocycles. The first-order chi connectivity index (χ1) is 9.54. The first-order valence-electron chi connectivity index (χ1n) is 8.55. The van der Waals surface area contributed by atoms with Gasteiger partial charge in [0.05, 0.1) is 5.41 Å². The number of nitrogens with zero attached hydrogens (tertiary/aromatic N) is 1. The fourth-order valence-corrected chi connectivity index (χ4v) is 6.62. The summed E-state index contributed by atoms with van der Waals surface area (Å²) in [6.07, 6.45) is 9.90. The number of carbonyl (C=O) groups is 1. The Morgan fingerprint density at radius 3 is 2.55 bits per heavy atom. The fraction of sp³-hybridized carbons (Fsp3) is 0.941. The van der Waals surface area contributed by atoms with Crippen LogP contribution in [0.4, 0.5) is 0 Å². The molecule has 5 fully saturated rings. The van der Waals surface area contributed by atoms with E-state index in [1.807, 2.05) is 0 Å². The number of amides is 1. The van der Waals surface area contributed by atoms with E-state index in [9.17, 15) is 4.79 Å². The zero-order valence-corrected chi connectivity index (χ0v) is 12.7. The normalized spacial score (nSPS) is 49.9. The van der Waals surface area contributed by atoms with E-state index in [1.165, 1.54) is 32.1 Å². The van der Waals surface area contributed by atoms with Gasteiger partial charge >= 0.3 is 0 Å². The third kappa shape index (κ3) is 1.78. The molecule has 0 spiro atoms. The van der Waals surface area contributed by atoms with Gasteiger partial charge in [0.1, 0.15) is 0 Å². The second kappa shape index (κ2) is 4.22. The van der Waals surface area contributed by atoms with E-state index in [0.29, 0.717) is 23.9 Å². The van der Waals surface area contributed by atoms with Gasteiger partial charge in [-0.3, -0.25) is 4.79 Å². The van der Waals surface area contributed by atoms with Gasteiger partial charge in [0.25, 0.3) is 0 Å². The SMILES string of the molecule is CC12CC3CC(C1)CC(C(=O)N1CCCC1CN)(C3)C2. The Kier molecular flexibility index (Phi) is 2.77. The van der Waals surface area contributed by atoms with Crippen LogP contribution in [0, 0.1) is 22.7 Å². The van der Waals surface area contributed by atoms with Crippen LogP contribution in [0.25, 0.3) is 0 Å². The Labute approximate surface area is 122 Å². The topological polar surface area (TPSA) is 46.3 Å². The molecule has 4 bridgehead atoms. The van der Waals surface area contributed by atoms with Crippen LogP contribution in [0.5, 0.6) is 0 Å². The minimum Gasteiger partial charge on any atom is -0.338 e. The lowest BCUT2D eigenvalue weighted by Gasteiger charge is -2.61. The van der Waals surface area contributed by atoms with Crippen molar-refractivity contribution in [3.05, 3.63) is 0 Å². The van der Waals surface area contributed by atoms with Gasteiger partial charge in [0.15, 0.2) is 0 Å². The highest BCUT2D eigenvalue weighted by molar-refractivity contribution is 5.84. The molecule has 0 aromatic rings. The summed E-state index contributed by atoms with van der Waals surface area (Å²) in [5, 5.41) is 0. The Hall–Kier alpha value is -0.570. The minimum atomic E-state index is -0.00338. The van der Waals surface area contributed by atoms with E-state index in [1.54, 1.807) is 0 Å². The molecule has 0 radical (unpaired) electrons. The largest absolute Gasteiger partial charge is 0.338 e. The van der Waals surface area contributed by atoms with Crippen molar-refractivity contribution in [2.24, 2.45) is 28.4 Å². The second-order valence-electron chi connectivity index (χ2n) is 8.58. The van der Waals surface area contributed by atoms with Crippen molar-refractivity contribution in [3.63, 3.8) is 0 Å². The lowest BCUT2D eigenvalue weighted by Crippen LogP contribution is -2.58. The molecule has 5 rings (SSSR count). The van der Waals surface area contributed by atoms with Gasteiger partial charge in [0, 0.05) is 19.1 Å². The van der Waals surface area contributed by atoms with Crippen molar-refractivity contribution in [2.45, 2.75) is 64.3 Å². The van der Waals surface area contributed by atoms with Crippen molar-refractivity contribution in [1.82, 2.24) is 4.90 Å². The molecule has 3 unspecified atom stereocenters. The number of likely N-dealkylation sites (tertiary alicyclic amines) is 1. The van der Waals surface area contributed by atoms with Crippen molar-refractivity contribution >= 4 is 5.91 Å². The smallest absolute Gasteiger partial charge is 0.229 e. The van der Waals surface area contributed by atoms with Crippen molar-refractivity contribution in [2.75, 3.05) is 13.1 Å². The van der Waals surface area contributed by atoms with Crippen LogP contribution in [-0.2, 0) is 4.79 Å². The number of hydrogen-bond donors (Lipinski definition) is 1. The predicted molar refractivity (Wildman–Crippen MR) is 79.0 cm³/mol. The van der Waals surface area contributed by atoms with E-state index in [0.717, 1.165) is 37.6 Å². The highest BCUT2D eigenvalue weighted by atomic mass is 16.2. The van der Waals surface area contributed by atoms with Gasteiger partial charge in [-0.05, 0) is 68.6 Å². The van der Waals surface area contributed by atoms with Crippen LogP contribution in [0.3, 0.4) is 0 Å². The maximum Gasteiger partial charge on any atom is 0.229 e. The van der Waals surface area contributed by atoms with Crippen LogP contribution in [-0.4, -0.2) is 29.9 Å². The Morgan fingerprint density at radius 1 is 1.25 bits per heavy atom. The van der Waals surface area contributed by atoms with Gasteiger partial charge < -0.3 is 10.6 Å². The summed E-state index contributed by atoms with van der Waals surface area (Å²) in [7, 11) is 0. The number of rotatable bonds is 2. The molecule has 112 valence electrons. The Morgan fingerprint density at radius 2 is 1.95 bits per heavy atom. The Balaban J connectivity index is 1.62. The quantitative estimate of drug-likeness (QED) is 0.842. The zero-order chi connectivity index (χ0) is 14.0. The monoisotopic (exact) mass is 276 g/mol. The fourth-order valence-electron chi connectivity index (χ4n) is 6.62. The minimum absolute atomic E-state index is 0.00338. The molecule has 1 amide bonds. The second-order valence-corrected chi connectivity index (χ2v) is 8.58. The summed E-state index contributed by atoms with van der Waals surface area (Å²) in [5.41, 5.74) is 6.34. The van der Waals surface area contributed by atoms with Crippen LogP contribution in [0.1, 0.15) is 58.3 Å². The molecule has 0 aromatic heterocycles. The highest BCUT2D eigenvalue weighted by Gasteiger charge is 2.60. The summed E-state index contributed by atoms with van der Waals surface area (Å²) in [4.78, 5) is 15.4. The molecule has 1 aliphatic heterocycles. The van der Waals surface area contributed by atoms with Crippen molar-refractivity contribution in [3.8, 4) is 0 Å². The Bertz CT molecular complexity index is 419. The van der Waals surface area contributed by atoms with Gasteiger partial charge in [-0.15, -0.1) is 0 Å². The molecule has 1 saturated heterocycles. The van der Waals surface area contributed by atoms with E-state index in [-0.39, 0.29) is 5.41 Å². The molecule has 3 atom stereocenters. The van der Waals surface area contributed by atoms with E-state index < -0.39 is 0 Å². The standard InChI is InChI=1S/C17H28N2O/c1-16-6-12-5-13(7-16)9-17(8-12,11-16)15(20)19-4-2-3-14(19)10-18/h12-14H,2-11,18H2,1H3. The molecule has 3 heteroatoms. The highest BCUT2D eigenvalue weighted by Crippen LogP contribution is 2.65. The van der Waals surface area contributed by atoms with Crippen molar-refractivity contribution < 1.29 is 4.79 Å². The number of carbonyl (C=O) groups excluding carboxylic acids is 1.